The first kappa shape index (κ1) is 20.9. The number of hydrogen-bond donors (Lipinski definition) is 0. The highest BCUT2D eigenvalue weighted by Crippen LogP contribution is 2.35. The molecule has 3 rings (SSSR count). The maximum Gasteiger partial charge on any atom is 0.165 e. The fourth-order valence-electron chi connectivity index (χ4n) is 3.14. The SMILES string of the molecule is C=CCc1cc(/C=C(/C#N)c2ccccc2F)cc(OC)c1OCc1ccccc1. The minimum atomic E-state index is -0.439. The molecular formula is C26H22FNO2. The molecule has 0 heterocycles. The van der Waals surface area contributed by atoms with Crippen LogP contribution < -0.4 is 9.47 Å². The fraction of sp³-hybridized carbons (Fsp3) is 0.115. The van der Waals surface area contributed by atoms with Crippen molar-refractivity contribution < 1.29 is 13.9 Å². The van der Waals surface area contributed by atoms with Crippen molar-refractivity contribution in [3.63, 3.8) is 0 Å². The molecule has 0 aromatic heterocycles. The summed E-state index contributed by atoms with van der Waals surface area (Å²) in [7, 11) is 1.57. The van der Waals surface area contributed by atoms with E-state index in [1.165, 1.54) is 6.07 Å². The average molecular weight is 399 g/mol. The topological polar surface area (TPSA) is 42.2 Å². The van der Waals surface area contributed by atoms with Gasteiger partial charge in [-0.2, -0.15) is 5.26 Å². The zero-order valence-corrected chi connectivity index (χ0v) is 16.8. The Morgan fingerprint density at radius 2 is 1.83 bits per heavy atom. The summed E-state index contributed by atoms with van der Waals surface area (Å²) in [6.07, 6.45) is 3.98. The van der Waals surface area contributed by atoms with Crippen LogP contribution in [0.3, 0.4) is 0 Å². The molecule has 0 spiro atoms. The van der Waals surface area contributed by atoms with Crippen molar-refractivity contribution in [1.82, 2.24) is 0 Å². The quantitative estimate of drug-likeness (QED) is 0.257. The van der Waals surface area contributed by atoms with Gasteiger partial charge in [-0.25, -0.2) is 4.39 Å². The third kappa shape index (κ3) is 4.95. The van der Waals surface area contributed by atoms with Crippen LogP contribution in [-0.2, 0) is 13.0 Å². The highest BCUT2D eigenvalue weighted by molar-refractivity contribution is 5.90. The first-order valence-corrected chi connectivity index (χ1v) is 9.51. The van der Waals surface area contributed by atoms with E-state index in [0.29, 0.717) is 24.5 Å². The molecule has 0 saturated heterocycles. The van der Waals surface area contributed by atoms with E-state index in [2.05, 4.69) is 12.6 Å². The van der Waals surface area contributed by atoms with Crippen molar-refractivity contribution in [2.24, 2.45) is 0 Å². The summed E-state index contributed by atoms with van der Waals surface area (Å²) in [6.45, 7) is 4.22. The molecule has 0 amide bonds. The van der Waals surface area contributed by atoms with Crippen LogP contribution in [-0.4, -0.2) is 7.11 Å². The second-order valence-electron chi connectivity index (χ2n) is 6.63. The number of ether oxygens (including phenoxy) is 2. The molecule has 0 aliphatic carbocycles. The smallest absolute Gasteiger partial charge is 0.165 e. The van der Waals surface area contributed by atoms with Crippen LogP contribution in [0.5, 0.6) is 11.5 Å². The fourth-order valence-corrected chi connectivity index (χ4v) is 3.14. The lowest BCUT2D eigenvalue weighted by Crippen LogP contribution is -2.01. The zero-order chi connectivity index (χ0) is 21.3. The number of rotatable bonds is 8. The largest absolute Gasteiger partial charge is 0.493 e. The molecule has 0 bridgehead atoms. The Balaban J connectivity index is 2.00. The van der Waals surface area contributed by atoms with Crippen molar-refractivity contribution in [3.8, 4) is 17.6 Å². The third-order valence-corrected chi connectivity index (χ3v) is 4.56. The molecule has 0 radical (unpaired) electrons. The molecule has 4 heteroatoms. The first-order valence-electron chi connectivity index (χ1n) is 9.51. The van der Waals surface area contributed by atoms with Crippen LogP contribution >= 0.6 is 0 Å². The van der Waals surface area contributed by atoms with Gasteiger partial charge < -0.3 is 9.47 Å². The van der Waals surface area contributed by atoms with Gasteiger partial charge in [0.1, 0.15) is 12.4 Å². The monoisotopic (exact) mass is 399 g/mol. The highest BCUT2D eigenvalue weighted by atomic mass is 19.1. The zero-order valence-electron chi connectivity index (χ0n) is 16.8. The van der Waals surface area contributed by atoms with Crippen molar-refractivity contribution in [2.45, 2.75) is 13.0 Å². The maximum atomic E-state index is 14.2. The van der Waals surface area contributed by atoms with Gasteiger partial charge in [0.15, 0.2) is 11.5 Å². The molecule has 0 unspecified atom stereocenters. The number of hydrogen-bond acceptors (Lipinski definition) is 3. The van der Waals surface area contributed by atoms with Crippen LogP contribution in [0.25, 0.3) is 11.6 Å². The number of benzene rings is 3. The van der Waals surface area contributed by atoms with Gasteiger partial charge in [0, 0.05) is 11.1 Å². The van der Waals surface area contributed by atoms with Gasteiger partial charge in [-0.05, 0) is 41.8 Å². The Labute approximate surface area is 176 Å². The van der Waals surface area contributed by atoms with E-state index in [-0.39, 0.29) is 11.1 Å². The Morgan fingerprint density at radius 1 is 1.10 bits per heavy atom. The summed E-state index contributed by atoms with van der Waals surface area (Å²) in [5, 5.41) is 9.57. The molecule has 0 atom stereocenters. The van der Waals surface area contributed by atoms with Gasteiger partial charge in [0.2, 0.25) is 0 Å². The van der Waals surface area contributed by atoms with Gasteiger partial charge in [-0.3, -0.25) is 0 Å². The molecule has 30 heavy (non-hydrogen) atoms. The minimum Gasteiger partial charge on any atom is -0.493 e. The predicted molar refractivity (Wildman–Crippen MR) is 118 cm³/mol. The molecule has 0 N–H and O–H groups in total. The van der Waals surface area contributed by atoms with Crippen molar-refractivity contribution >= 4 is 11.6 Å². The highest BCUT2D eigenvalue weighted by Gasteiger charge is 2.14. The lowest BCUT2D eigenvalue weighted by molar-refractivity contribution is 0.282. The lowest BCUT2D eigenvalue weighted by Gasteiger charge is -2.16. The van der Waals surface area contributed by atoms with E-state index < -0.39 is 5.82 Å². The first-order chi connectivity index (χ1) is 14.7. The van der Waals surface area contributed by atoms with Gasteiger partial charge >= 0.3 is 0 Å². The number of nitrogens with zero attached hydrogens (tertiary/aromatic N) is 1. The molecule has 0 aliphatic heterocycles. The normalized spacial score (nSPS) is 10.9. The summed E-state index contributed by atoms with van der Waals surface area (Å²) in [4.78, 5) is 0. The minimum absolute atomic E-state index is 0.234. The Morgan fingerprint density at radius 3 is 2.50 bits per heavy atom. The number of nitriles is 1. The molecular weight excluding hydrogens is 377 g/mol. The van der Waals surface area contributed by atoms with Crippen molar-refractivity contribution in [1.29, 1.82) is 5.26 Å². The summed E-state index contributed by atoms with van der Waals surface area (Å²) < 4.78 is 25.8. The Bertz CT molecular complexity index is 1100. The number of methoxy groups -OCH3 is 1. The summed E-state index contributed by atoms with van der Waals surface area (Å²) in [6, 6.07) is 21.9. The van der Waals surface area contributed by atoms with Crippen LogP contribution in [0, 0.1) is 17.1 Å². The van der Waals surface area contributed by atoms with E-state index >= 15 is 0 Å². The van der Waals surface area contributed by atoms with E-state index in [0.717, 1.165) is 16.7 Å². The van der Waals surface area contributed by atoms with E-state index in [4.69, 9.17) is 9.47 Å². The van der Waals surface area contributed by atoms with E-state index in [1.807, 2.05) is 36.4 Å². The van der Waals surface area contributed by atoms with Crippen molar-refractivity contribution in [3.05, 3.63) is 107 Å². The summed E-state index contributed by atoms with van der Waals surface area (Å²) in [5.41, 5.74) is 3.12. The summed E-state index contributed by atoms with van der Waals surface area (Å²) >= 11 is 0. The lowest BCUT2D eigenvalue weighted by atomic mass is 10.0. The summed E-state index contributed by atoms with van der Waals surface area (Å²) in [5.74, 6) is 0.733. The van der Waals surface area contributed by atoms with Crippen LogP contribution in [0.15, 0.2) is 79.4 Å². The average Bonchev–Trinajstić information content (AvgIpc) is 2.78. The van der Waals surface area contributed by atoms with E-state index in [9.17, 15) is 9.65 Å². The second kappa shape index (κ2) is 10.1. The number of halogens is 1. The van der Waals surface area contributed by atoms with Gasteiger partial charge in [-0.15, -0.1) is 6.58 Å². The van der Waals surface area contributed by atoms with Gasteiger partial charge in [-0.1, -0.05) is 54.6 Å². The van der Waals surface area contributed by atoms with Crippen LogP contribution in [0.1, 0.15) is 22.3 Å². The van der Waals surface area contributed by atoms with Gasteiger partial charge in [0.25, 0.3) is 0 Å². The second-order valence-corrected chi connectivity index (χ2v) is 6.63. The molecule has 0 fully saturated rings. The van der Waals surface area contributed by atoms with Crippen LogP contribution in [0.4, 0.5) is 4.39 Å². The molecule has 3 aromatic carbocycles. The van der Waals surface area contributed by atoms with Gasteiger partial charge in [0.05, 0.1) is 18.8 Å². The molecule has 0 aliphatic rings. The maximum absolute atomic E-state index is 14.2. The Hall–Kier alpha value is -3.84. The third-order valence-electron chi connectivity index (χ3n) is 4.56. The molecule has 3 nitrogen and oxygen atoms in total. The van der Waals surface area contributed by atoms with E-state index in [1.54, 1.807) is 43.5 Å². The number of allylic oxidation sites excluding steroid dienone is 2. The Kier molecular flexibility index (Phi) is 7.02. The van der Waals surface area contributed by atoms with Crippen LogP contribution in [0.2, 0.25) is 0 Å². The molecule has 3 aromatic rings. The molecule has 0 saturated carbocycles. The molecule has 150 valence electrons. The predicted octanol–water partition coefficient (Wildman–Crippen LogP) is 6.21. The van der Waals surface area contributed by atoms with Crippen molar-refractivity contribution in [2.75, 3.05) is 7.11 Å². The standard InChI is InChI=1S/C26H22FNO2/c1-3-9-21-14-20(15-22(17-28)23-12-7-8-13-24(23)27)16-25(29-2)26(21)30-18-19-10-5-4-6-11-19/h3-8,10-16H,1,9,18H2,2H3/b22-15-.